The highest BCUT2D eigenvalue weighted by atomic mass is 16.1. The second-order valence-corrected chi connectivity index (χ2v) is 4.12. The Bertz CT molecular complexity index is 174. The van der Waals surface area contributed by atoms with Gasteiger partial charge in [-0.2, -0.15) is 0 Å². The molecule has 0 heterocycles. The molecule has 1 fully saturated rings. The Morgan fingerprint density at radius 1 is 1.38 bits per heavy atom. The van der Waals surface area contributed by atoms with E-state index < -0.39 is 0 Å². The molecule has 0 aromatic heterocycles. The molecule has 0 aliphatic heterocycles. The van der Waals surface area contributed by atoms with Crippen molar-refractivity contribution in [3.05, 3.63) is 0 Å². The van der Waals surface area contributed by atoms with Gasteiger partial charge in [-0.1, -0.05) is 12.8 Å². The van der Waals surface area contributed by atoms with Gasteiger partial charge < -0.3 is 10.6 Å². The highest BCUT2D eigenvalue weighted by Crippen LogP contribution is 2.28. The molecule has 3 nitrogen and oxygen atoms in total. The first-order valence-electron chi connectivity index (χ1n) is 5.12. The number of rotatable bonds is 4. The first kappa shape index (κ1) is 10.5. The Kier molecular flexibility index (Phi) is 3.72. The van der Waals surface area contributed by atoms with Gasteiger partial charge in [-0.15, -0.1) is 0 Å². The van der Waals surface area contributed by atoms with Crippen LogP contribution in [0, 0.1) is 0 Å². The molecule has 1 saturated carbocycles. The fraction of sp³-hybridized carbons (Fsp3) is 0.900. The standard InChI is InChI=1S/C10H20N2O/c1-10(6-3-4-7-10)12-8-5-9(13)11-2/h12H,3-8H2,1-2H3,(H,11,13). The number of nitrogens with one attached hydrogen (secondary N) is 2. The van der Waals surface area contributed by atoms with Crippen LogP contribution in [0.15, 0.2) is 0 Å². The van der Waals surface area contributed by atoms with Crippen molar-refractivity contribution in [1.29, 1.82) is 0 Å². The van der Waals surface area contributed by atoms with E-state index in [0.717, 1.165) is 6.54 Å². The topological polar surface area (TPSA) is 41.1 Å². The van der Waals surface area contributed by atoms with Crippen molar-refractivity contribution in [2.24, 2.45) is 0 Å². The highest BCUT2D eigenvalue weighted by Gasteiger charge is 2.27. The molecule has 1 aliphatic rings. The molecule has 0 saturated heterocycles. The van der Waals surface area contributed by atoms with E-state index in [1.807, 2.05) is 0 Å². The van der Waals surface area contributed by atoms with Crippen LogP contribution in [0.3, 0.4) is 0 Å². The fourth-order valence-corrected chi connectivity index (χ4v) is 1.93. The summed E-state index contributed by atoms with van der Waals surface area (Å²) < 4.78 is 0. The Morgan fingerprint density at radius 2 is 2.00 bits per heavy atom. The number of hydrogen-bond acceptors (Lipinski definition) is 2. The summed E-state index contributed by atoms with van der Waals surface area (Å²) in [7, 11) is 1.68. The van der Waals surface area contributed by atoms with Gasteiger partial charge in [-0.05, 0) is 19.8 Å². The molecular weight excluding hydrogens is 164 g/mol. The second kappa shape index (κ2) is 4.61. The molecular formula is C10H20N2O. The molecule has 1 rings (SSSR count). The van der Waals surface area contributed by atoms with Gasteiger partial charge in [-0.3, -0.25) is 4.79 Å². The third-order valence-corrected chi connectivity index (χ3v) is 2.89. The van der Waals surface area contributed by atoms with E-state index in [0.29, 0.717) is 12.0 Å². The van der Waals surface area contributed by atoms with Crippen molar-refractivity contribution < 1.29 is 4.79 Å². The summed E-state index contributed by atoms with van der Waals surface area (Å²) >= 11 is 0. The minimum atomic E-state index is 0.120. The lowest BCUT2D eigenvalue weighted by molar-refractivity contribution is -0.120. The Balaban J connectivity index is 2.14. The monoisotopic (exact) mass is 184 g/mol. The van der Waals surface area contributed by atoms with Gasteiger partial charge in [-0.25, -0.2) is 0 Å². The van der Waals surface area contributed by atoms with Crippen molar-refractivity contribution in [3.63, 3.8) is 0 Å². The number of amides is 1. The minimum absolute atomic E-state index is 0.120. The number of carbonyl (C=O) groups excluding carboxylic acids is 1. The summed E-state index contributed by atoms with van der Waals surface area (Å²) in [5.41, 5.74) is 0.300. The molecule has 1 amide bonds. The largest absolute Gasteiger partial charge is 0.359 e. The van der Waals surface area contributed by atoms with E-state index in [9.17, 15) is 4.79 Å². The normalized spacial score (nSPS) is 20.2. The maximum absolute atomic E-state index is 10.9. The molecule has 13 heavy (non-hydrogen) atoms. The molecule has 0 radical (unpaired) electrons. The van der Waals surface area contributed by atoms with Crippen LogP contribution in [0.4, 0.5) is 0 Å². The van der Waals surface area contributed by atoms with Crippen molar-refractivity contribution >= 4 is 5.91 Å². The van der Waals surface area contributed by atoms with Crippen LogP contribution in [0.5, 0.6) is 0 Å². The average Bonchev–Trinajstić information content (AvgIpc) is 2.52. The third-order valence-electron chi connectivity index (χ3n) is 2.89. The Morgan fingerprint density at radius 3 is 2.54 bits per heavy atom. The van der Waals surface area contributed by atoms with Gasteiger partial charge in [0.2, 0.25) is 5.91 Å². The van der Waals surface area contributed by atoms with Crippen molar-refractivity contribution in [2.75, 3.05) is 13.6 Å². The molecule has 2 N–H and O–H groups in total. The predicted octanol–water partition coefficient (Wildman–Crippen LogP) is 1.04. The van der Waals surface area contributed by atoms with Gasteiger partial charge in [0, 0.05) is 25.6 Å². The SMILES string of the molecule is CNC(=O)CCNC1(C)CCCC1. The van der Waals surface area contributed by atoms with E-state index in [1.165, 1.54) is 25.7 Å². The first-order chi connectivity index (χ1) is 6.16. The maximum atomic E-state index is 10.9. The lowest BCUT2D eigenvalue weighted by Gasteiger charge is -2.25. The third kappa shape index (κ3) is 3.35. The van der Waals surface area contributed by atoms with Crippen molar-refractivity contribution in [3.8, 4) is 0 Å². The molecule has 0 spiro atoms. The average molecular weight is 184 g/mol. The molecule has 76 valence electrons. The summed E-state index contributed by atoms with van der Waals surface area (Å²) in [6.07, 6.45) is 5.74. The highest BCUT2D eigenvalue weighted by molar-refractivity contribution is 5.75. The van der Waals surface area contributed by atoms with Crippen LogP contribution in [-0.2, 0) is 4.79 Å². The van der Waals surface area contributed by atoms with Crippen molar-refractivity contribution in [1.82, 2.24) is 10.6 Å². The van der Waals surface area contributed by atoms with Gasteiger partial charge >= 0.3 is 0 Å². The summed E-state index contributed by atoms with van der Waals surface area (Å²) in [6, 6.07) is 0. The second-order valence-electron chi connectivity index (χ2n) is 4.12. The van der Waals surface area contributed by atoms with Crippen LogP contribution in [0.2, 0.25) is 0 Å². The number of hydrogen-bond donors (Lipinski definition) is 2. The summed E-state index contributed by atoms with van der Waals surface area (Å²) in [4.78, 5) is 10.9. The lowest BCUT2D eigenvalue weighted by atomic mass is 10.0. The quantitative estimate of drug-likeness (QED) is 0.685. The fourth-order valence-electron chi connectivity index (χ4n) is 1.93. The van der Waals surface area contributed by atoms with Crippen LogP contribution in [0.25, 0.3) is 0 Å². The molecule has 0 bridgehead atoms. The lowest BCUT2D eigenvalue weighted by Crippen LogP contribution is -2.41. The maximum Gasteiger partial charge on any atom is 0.221 e. The summed E-state index contributed by atoms with van der Waals surface area (Å²) in [5, 5.41) is 6.09. The van der Waals surface area contributed by atoms with Gasteiger partial charge in [0.05, 0.1) is 0 Å². The zero-order valence-electron chi connectivity index (χ0n) is 8.65. The van der Waals surface area contributed by atoms with Gasteiger partial charge in [0.1, 0.15) is 0 Å². The molecule has 0 unspecified atom stereocenters. The molecule has 1 aliphatic carbocycles. The van der Waals surface area contributed by atoms with Crippen LogP contribution >= 0.6 is 0 Å². The molecule has 0 aromatic rings. The van der Waals surface area contributed by atoms with E-state index >= 15 is 0 Å². The smallest absolute Gasteiger partial charge is 0.221 e. The van der Waals surface area contributed by atoms with E-state index in [-0.39, 0.29) is 5.91 Å². The Labute approximate surface area is 80.3 Å². The molecule has 0 atom stereocenters. The van der Waals surface area contributed by atoms with Crippen LogP contribution in [-0.4, -0.2) is 25.0 Å². The predicted molar refractivity (Wildman–Crippen MR) is 53.6 cm³/mol. The zero-order chi connectivity index (χ0) is 9.73. The first-order valence-corrected chi connectivity index (χ1v) is 5.12. The van der Waals surface area contributed by atoms with Crippen molar-refractivity contribution in [2.45, 2.75) is 44.6 Å². The van der Waals surface area contributed by atoms with Gasteiger partial charge in [0.25, 0.3) is 0 Å². The van der Waals surface area contributed by atoms with E-state index in [2.05, 4.69) is 17.6 Å². The van der Waals surface area contributed by atoms with E-state index in [1.54, 1.807) is 7.05 Å². The van der Waals surface area contributed by atoms with E-state index in [4.69, 9.17) is 0 Å². The van der Waals surface area contributed by atoms with Crippen LogP contribution < -0.4 is 10.6 Å². The van der Waals surface area contributed by atoms with Gasteiger partial charge in [0.15, 0.2) is 0 Å². The molecule has 3 heteroatoms. The molecule has 0 aromatic carbocycles. The van der Waals surface area contributed by atoms with Crippen LogP contribution in [0.1, 0.15) is 39.0 Å². The zero-order valence-corrected chi connectivity index (χ0v) is 8.65. The minimum Gasteiger partial charge on any atom is -0.359 e. The number of carbonyl (C=O) groups is 1. The summed E-state index contributed by atoms with van der Waals surface area (Å²) in [5.74, 6) is 0.120. The summed E-state index contributed by atoms with van der Waals surface area (Å²) in [6.45, 7) is 3.06. The Hall–Kier alpha value is -0.570.